The normalized spacial score (nSPS) is 10.7. The third-order valence-corrected chi connectivity index (χ3v) is 2.62. The number of carbonyl (C=O) groups is 1. The summed E-state index contributed by atoms with van der Waals surface area (Å²) in [5.41, 5.74) is 2.48. The minimum Gasteiger partial charge on any atom is -0.322 e. The number of nitrogens with zero attached hydrogens (tertiary/aromatic N) is 3. The summed E-state index contributed by atoms with van der Waals surface area (Å²) in [6.07, 6.45) is 4.85. The molecule has 0 unspecified atom stereocenters. The molecule has 0 aliphatic heterocycles. The number of fused-ring (bicyclic) bond motifs is 1. The Balaban J connectivity index is 1.78. The van der Waals surface area contributed by atoms with Gasteiger partial charge in [0.1, 0.15) is 6.54 Å². The van der Waals surface area contributed by atoms with Crippen molar-refractivity contribution in [1.29, 1.82) is 0 Å². The molecular weight excluding hydrogens is 230 g/mol. The van der Waals surface area contributed by atoms with Gasteiger partial charge < -0.3 is 9.88 Å². The Morgan fingerprint density at radius 2 is 2.28 bits per heavy atom. The van der Waals surface area contributed by atoms with Crippen LogP contribution >= 0.6 is 0 Å². The average Bonchev–Trinajstić information content (AvgIpc) is 3.00. The van der Waals surface area contributed by atoms with Gasteiger partial charge in [0, 0.05) is 6.20 Å². The van der Waals surface area contributed by atoms with Gasteiger partial charge in [-0.05, 0) is 12.1 Å². The van der Waals surface area contributed by atoms with Crippen molar-refractivity contribution in [3.8, 4) is 0 Å². The van der Waals surface area contributed by atoms with Crippen LogP contribution < -0.4 is 5.32 Å². The van der Waals surface area contributed by atoms with Gasteiger partial charge in [-0.1, -0.05) is 12.1 Å². The third kappa shape index (κ3) is 1.95. The molecule has 1 aromatic carbocycles. The lowest BCUT2D eigenvalue weighted by Gasteiger charge is -2.04. The van der Waals surface area contributed by atoms with E-state index in [-0.39, 0.29) is 12.5 Å². The second-order valence-electron chi connectivity index (χ2n) is 3.90. The fourth-order valence-corrected chi connectivity index (χ4v) is 1.81. The molecule has 0 saturated carbocycles. The van der Waals surface area contributed by atoms with Gasteiger partial charge in [-0.3, -0.25) is 9.89 Å². The molecular formula is C12H11N5O. The number of para-hydroxylation sites is 2. The van der Waals surface area contributed by atoms with Gasteiger partial charge in [-0.15, -0.1) is 0 Å². The van der Waals surface area contributed by atoms with Crippen LogP contribution in [0.1, 0.15) is 0 Å². The molecule has 0 spiro atoms. The van der Waals surface area contributed by atoms with E-state index >= 15 is 0 Å². The third-order valence-electron chi connectivity index (χ3n) is 2.62. The molecule has 2 aromatic heterocycles. The maximum Gasteiger partial charge on any atom is 0.244 e. The standard InChI is InChI=1S/C12H11N5O/c18-12(16-9-5-14-15-6-9)7-17-8-13-10-3-1-2-4-11(10)17/h1-6,8H,7H2,(H,14,15)(H,16,18). The lowest BCUT2D eigenvalue weighted by molar-refractivity contribution is -0.116. The Morgan fingerprint density at radius 1 is 1.39 bits per heavy atom. The summed E-state index contributed by atoms with van der Waals surface area (Å²) in [7, 11) is 0. The largest absolute Gasteiger partial charge is 0.322 e. The zero-order valence-electron chi connectivity index (χ0n) is 9.50. The van der Waals surface area contributed by atoms with Crippen LogP contribution in [0.4, 0.5) is 5.69 Å². The van der Waals surface area contributed by atoms with Crippen LogP contribution in [0.15, 0.2) is 43.0 Å². The summed E-state index contributed by atoms with van der Waals surface area (Å²) in [6.45, 7) is 0.228. The van der Waals surface area contributed by atoms with Crippen molar-refractivity contribution in [1.82, 2.24) is 19.7 Å². The van der Waals surface area contributed by atoms with Crippen LogP contribution in [0, 0.1) is 0 Å². The van der Waals surface area contributed by atoms with Crippen molar-refractivity contribution in [2.75, 3.05) is 5.32 Å². The van der Waals surface area contributed by atoms with E-state index in [1.54, 1.807) is 18.7 Å². The van der Waals surface area contributed by atoms with Crippen molar-refractivity contribution in [3.63, 3.8) is 0 Å². The lowest BCUT2D eigenvalue weighted by Crippen LogP contribution is -2.17. The van der Waals surface area contributed by atoms with Crippen LogP contribution in [-0.2, 0) is 11.3 Å². The van der Waals surface area contributed by atoms with E-state index in [2.05, 4.69) is 20.5 Å². The molecule has 3 rings (SSSR count). The highest BCUT2D eigenvalue weighted by molar-refractivity contribution is 5.91. The van der Waals surface area contributed by atoms with Crippen molar-refractivity contribution in [2.24, 2.45) is 0 Å². The van der Waals surface area contributed by atoms with Gasteiger partial charge in [-0.25, -0.2) is 4.98 Å². The van der Waals surface area contributed by atoms with E-state index < -0.39 is 0 Å². The Kier molecular flexibility index (Phi) is 2.53. The molecule has 0 atom stereocenters. The SMILES string of the molecule is O=C(Cn1cnc2ccccc21)Nc1cn[nH]c1. The fraction of sp³-hybridized carbons (Fsp3) is 0.0833. The topological polar surface area (TPSA) is 75.6 Å². The number of benzene rings is 1. The van der Waals surface area contributed by atoms with E-state index in [0.717, 1.165) is 11.0 Å². The van der Waals surface area contributed by atoms with Crippen molar-refractivity contribution < 1.29 is 4.79 Å². The minimum atomic E-state index is -0.112. The number of hydrogen-bond donors (Lipinski definition) is 2. The summed E-state index contributed by atoms with van der Waals surface area (Å²) >= 11 is 0. The van der Waals surface area contributed by atoms with Crippen LogP contribution in [0.5, 0.6) is 0 Å². The van der Waals surface area contributed by atoms with Gasteiger partial charge >= 0.3 is 0 Å². The molecule has 90 valence electrons. The Bertz CT molecular complexity index is 671. The number of amides is 1. The van der Waals surface area contributed by atoms with Crippen molar-refractivity contribution in [3.05, 3.63) is 43.0 Å². The first-order chi connectivity index (χ1) is 8.83. The van der Waals surface area contributed by atoms with E-state index in [1.807, 2.05) is 28.8 Å². The van der Waals surface area contributed by atoms with Gasteiger partial charge in [0.15, 0.2) is 0 Å². The number of rotatable bonds is 3. The Hall–Kier alpha value is -2.63. The maximum absolute atomic E-state index is 11.8. The zero-order valence-corrected chi connectivity index (χ0v) is 9.50. The average molecular weight is 241 g/mol. The zero-order chi connectivity index (χ0) is 12.4. The molecule has 0 aliphatic rings. The van der Waals surface area contributed by atoms with E-state index in [4.69, 9.17) is 0 Å². The highest BCUT2D eigenvalue weighted by Crippen LogP contribution is 2.11. The minimum absolute atomic E-state index is 0.112. The first-order valence-electron chi connectivity index (χ1n) is 5.51. The number of aromatic nitrogens is 4. The number of nitrogens with one attached hydrogen (secondary N) is 2. The summed E-state index contributed by atoms with van der Waals surface area (Å²) in [4.78, 5) is 16.1. The van der Waals surface area contributed by atoms with E-state index in [9.17, 15) is 4.79 Å². The van der Waals surface area contributed by atoms with Gasteiger partial charge in [0.2, 0.25) is 5.91 Å². The number of H-pyrrole nitrogens is 1. The summed E-state index contributed by atoms with van der Waals surface area (Å²) in [5, 5.41) is 9.15. The fourth-order valence-electron chi connectivity index (χ4n) is 1.81. The molecule has 18 heavy (non-hydrogen) atoms. The summed E-state index contributed by atoms with van der Waals surface area (Å²) < 4.78 is 1.81. The van der Waals surface area contributed by atoms with Gasteiger partial charge in [-0.2, -0.15) is 5.10 Å². The molecule has 0 saturated heterocycles. The molecule has 3 aromatic rings. The lowest BCUT2D eigenvalue weighted by atomic mass is 10.3. The molecule has 6 heteroatoms. The number of imidazole rings is 1. The van der Waals surface area contributed by atoms with Crippen LogP contribution in [0.25, 0.3) is 11.0 Å². The molecule has 6 nitrogen and oxygen atoms in total. The molecule has 2 heterocycles. The molecule has 0 bridgehead atoms. The highest BCUT2D eigenvalue weighted by atomic mass is 16.1. The Morgan fingerprint density at radius 3 is 3.11 bits per heavy atom. The quantitative estimate of drug-likeness (QED) is 0.727. The van der Waals surface area contributed by atoms with Crippen molar-refractivity contribution >= 4 is 22.6 Å². The number of aromatic amines is 1. The Labute approximate surface area is 103 Å². The number of carbonyl (C=O) groups excluding carboxylic acids is 1. The second kappa shape index (κ2) is 4.33. The molecule has 1 amide bonds. The van der Waals surface area contributed by atoms with Gasteiger partial charge in [0.25, 0.3) is 0 Å². The monoisotopic (exact) mass is 241 g/mol. The van der Waals surface area contributed by atoms with Crippen molar-refractivity contribution in [2.45, 2.75) is 6.54 Å². The smallest absolute Gasteiger partial charge is 0.244 e. The molecule has 0 fully saturated rings. The first kappa shape index (κ1) is 10.5. The highest BCUT2D eigenvalue weighted by Gasteiger charge is 2.07. The van der Waals surface area contributed by atoms with E-state index in [0.29, 0.717) is 5.69 Å². The van der Waals surface area contributed by atoms with Crippen LogP contribution in [0.3, 0.4) is 0 Å². The first-order valence-corrected chi connectivity index (χ1v) is 5.51. The molecule has 0 aliphatic carbocycles. The predicted octanol–water partition coefficient (Wildman–Crippen LogP) is 1.40. The molecule has 2 N–H and O–H groups in total. The van der Waals surface area contributed by atoms with Gasteiger partial charge in [0.05, 0.1) is 29.2 Å². The summed E-state index contributed by atoms with van der Waals surface area (Å²) in [5.74, 6) is -0.112. The predicted molar refractivity (Wildman–Crippen MR) is 67.0 cm³/mol. The number of hydrogen-bond acceptors (Lipinski definition) is 3. The maximum atomic E-state index is 11.8. The van der Waals surface area contributed by atoms with E-state index in [1.165, 1.54) is 0 Å². The second-order valence-corrected chi connectivity index (χ2v) is 3.90. The van der Waals surface area contributed by atoms with Crippen LogP contribution in [-0.4, -0.2) is 25.7 Å². The van der Waals surface area contributed by atoms with Crippen LogP contribution in [0.2, 0.25) is 0 Å². The summed E-state index contributed by atoms with van der Waals surface area (Å²) in [6, 6.07) is 7.70. The molecule has 0 radical (unpaired) electrons. The number of anilines is 1.